The van der Waals surface area contributed by atoms with E-state index in [0.717, 1.165) is 5.56 Å². The quantitative estimate of drug-likeness (QED) is 0.478. The summed E-state index contributed by atoms with van der Waals surface area (Å²) in [6.07, 6.45) is -1.05. The van der Waals surface area contributed by atoms with Gasteiger partial charge in [0.2, 0.25) is 0 Å². The highest BCUT2D eigenvalue weighted by molar-refractivity contribution is 7.92. The number of sulfonamides is 1. The van der Waals surface area contributed by atoms with Gasteiger partial charge < -0.3 is 14.8 Å². The molecule has 0 saturated heterocycles. The Morgan fingerprint density at radius 2 is 1.78 bits per heavy atom. The van der Waals surface area contributed by atoms with Crippen LogP contribution in [0.25, 0.3) is 0 Å². The Bertz CT molecular complexity index is 1320. The summed E-state index contributed by atoms with van der Waals surface area (Å²) in [4.78, 5) is 13.1. The van der Waals surface area contributed by atoms with Gasteiger partial charge in [-0.3, -0.25) is 9.10 Å². The van der Waals surface area contributed by atoms with Gasteiger partial charge in [0.1, 0.15) is 23.9 Å². The summed E-state index contributed by atoms with van der Waals surface area (Å²) in [6, 6.07) is 19.1. The zero-order chi connectivity index (χ0) is 25.9. The molecule has 0 spiro atoms. The van der Waals surface area contributed by atoms with Crippen molar-refractivity contribution in [1.82, 2.24) is 5.32 Å². The summed E-state index contributed by atoms with van der Waals surface area (Å²) in [5.74, 6) is -0.0359. The first-order valence-electron chi connectivity index (χ1n) is 11.6. The number of rotatable bonds is 7. The predicted molar refractivity (Wildman–Crippen MR) is 135 cm³/mol. The van der Waals surface area contributed by atoms with Gasteiger partial charge in [-0.25, -0.2) is 12.8 Å². The molecule has 7 nitrogen and oxygen atoms in total. The van der Waals surface area contributed by atoms with Gasteiger partial charge in [0, 0.05) is 0 Å². The van der Waals surface area contributed by atoms with Crippen molar-refractivity contribution in [1.29, 1.82) is 0 Å². The van der Waals surface area contributed by atoms with E-state index < -0.39 is 22.0 Å². The van der Waals surface area contributed by atoms with Crippen molar-refractivity contribution in [3.63, 3.8) is 0 Å². The monoisotopic (exact) mass is 512 g/mol. The second-order valence-corrected chi connectivity index (χ2v) is 11.3. The van der Waals surface area contributed by atoms with Crippen LogP contribution >= 0.6 is 0 Å². The summed E-state index contributed by atoms with van der Waals surface area (Å²) in [5, 5.41) is 2.73. The van der Waals surface area contributed by atoms with E-state index in [2.05, 4.69) is 5.32 Å². The number of hydrogen-bond acceptors (Lipinski definition) is 5. The zero-order valence-corrected chi connectivity index (χ0v) is 21.2. The van der Waals surface area contributed by atoms with Crippen LogP contribution in [0.5, 0.6) is 11.5 Å². The third-order valence-electron chi connectivity index (χ3n) is 5.80. The van der Waals surface area contributed by atoms with Gasteiger partial charge in [-0.1, -0.05) is 45.0 Å². The number of hydrogen-bond donors (Lipinski definition) is 1. The van der Waals surface area contributed by atoms with E-state index in [0.29, 0.717) is 17.2 Å². The molecule has 1 atom stereocenters. The molecule has 1 N–H and O–H groups in total. The van der Waals surface area contributed by atoms with Crippen molar-refractivity contribution < 1.29 is 27.1 Å². The summed E-state index contributed by atoms with van der Waals surface area (Å²) in [5.41, 5.74) is 1.13. The molecular weight excluding hydrogens is 483 g/mol. The van der Waals surface area contributed by atoms with E-state index >= 15 is 0 Å². The topological polar surface area (TPSA) is 84.9 Å². The first kappa shape index (κ1) is 25.5. The highest BCUT2D eigenvalue weighted by atomic mass is 32.2. The molecule has 9 heteroatoms. The molecule has 0 fully saturated rings. The molecule has 36 heavy (non-hydrogen) atoms. The summed E-state index contributed by atoms with van der Waals surface area (Å²) in [7, 11) is -3.95. The Labute approximate surface area is 210 Å². The molecule has 1 amide bonds. The third-order valence-corrected chi connectivity index (χ3v) is 7.60. The smallest absolute Gasteiger partial charge is 0.264 e. The average molecular weight is 513 g/mol. The number of carbonyl (C=O) groups is 1. The number of nitrogens with zero attached hydrogens (tertiary/aromatic N) is 1. The van der Waals surface area contributed by atoms with Crippen molar-refractivity contribution >= 4 is 21.6 Å². The number of nitrogens with one attached hydrogen (secondary N) is 1. The normalized spacial score (nSPS) is 15.6. The Morgan fingerprint density at radius 3 is 2.44 bits per heavy atom. The number of fused-ring (bicyclic) bond motifs is 1. The number of carbonyl (C=O) groups excluding carboxylic acids is 1. The first-order chi connectivity index (χ1) is 17.1. The zero-order valence-electron chi connectivity index (χ0n) is 20.4. The van der Waals surface area contributed by atoms with Gasteiger partial charge in [-0.15, -0.1) is 0 Å². The Morgan fingerprint density at radius 1 is 1.08 bits per heavy atom. The molecule has 0 saturated carbocycles. The maximum atomic E-state index is 13.6. The molecule has 3 aromatic carbocycles. The van der Waals surface area contributed by atoms with Crippen LogP contribution in [0.2, 0.25) is 0 Å². The molecule has 1 heterocycles. The van der Waals surface area contributed by atoms with E-state index in [9.17, 15) is 17.6 Å². The van der Waals surface area contributed by atoms with E-state index in [1.54, 1.807) is 30.3 Å². The number of amides is 1. The Hall–Kier alpha value is -3.59. The maximum absolute atomic E-state index is 13.6. The fourth-order valence-corrected chi connectivity index (χ4v) is 5.28. The van der Waals surface area contributed by atoms with Gasteiger partial charge in [0.15, 0.2) is 6.10 Å². The van der Waals surface area contributed by atoms with E-state index in [1.807, 2.05) is 26.8 Å². The predicted octanol–water partition coefficient (Wildman–Crippen LogP) is 4.27. The molecule has 4 rings (SSSR count). The summed E-state index contributed by atoms with van der Waals surface area (Å²) < 4.78 is 52.9. The van der Waals surface area contributed by atoms with Crippen LogP contribution in [-0.4, -0.2) is 40.1 Å². The second-order valence-electron chi connectivity index (χ2n) is 9.48. The first-order valence-corrected chi connectivity index (χ1v) is 13.0. The molecule has 0 unspecified atom stereocenters. The molecule has 190 valence electrons. The van der Waals surface area contributed by atoms with E-state index in [-0.39, 0.29) is 35.8 Å². The van der Waals surface area contributed by atoms with Crippen LogP contribution < -0.4 is 19.1 Å². The van der Waals surface area contributed by atoms with Crippen LogP contribution in [0.15, 0.2) is 77.7 Å². The number of ether oxygens (including phenoxy) is 2. The van der Waals surface area contributed by atoms with Gasteiger partial charge in [-0.2, -0.15) is 0 Å². The van der Waals surface area contributed by atoms with E-state index in [4.69, 9.17) is 9.47 Å². The van der Waals surface area contributed by atoms with Crippen molar-refractivity contribution in [2.75, 3.05) is 24.0 Å². The molecule has 3 aromatic rings. The van der Waals surface area contributed by atoms with Crippen molar-refractivity contribution in [3.8, 4) is 11.5 Å². The Balaban J connectivity index is 1.54. The maximum Gasteiger partial charge on any atom is 0.264 e. The van der Waals surface area contributed by atoms with Crippen LogP contribution in [0.3, 0.4) is 0 Å². The minimum Gasteiger partial charge on any atom is -0.492 e. The molecule has 0 radical (unpaired) electrons. The van der Waals surface area contributed by atoms with Crippen LogP contribution in [0.1, 0.15) is 26.3 Å². The van der Waals surface area contributed by atoms with Crippen LogP contribution in [0.4, 0.5) is 10.1 Å². The minimum atomic E-state index is -3.95. The van der Waals surface area contributed by atoms with E-state index in [1.165, 1.54) is 40.7 Å². The summed E-state index contributed by atoms with van der Waals surface area (Å²) in [6.45, 7) is 6.26. The lowest BCUT2D eigenvalue weighted by molar-refractivity contribution is -0.127. The fraction of sp³-hybridized carbons (Fsp3) is 0.296. The molecule has 0 aromatic heterocycles. The number of benzene rings is 3. The third kappa shape index (κ3) is 5.62. The van der Waals surface area contributed by atoms with Gasteiger partial charge >= 0.3 is 0 Å². The number of anilines is 1. The van der Waals surface area contributed by atoms with Gasteiger partial charge in [0.05, 0.1) is 23.7 Å². The average Bonchev–Trinajstić information content (AvgIpc) is 2.86. The fourth-order valence-electron chi connectivity index (χ4n) is 3.79. The lowest BCUT2D eigenvalue weighted by Crippen LogP contribution is -2.51. The lowest BCUT2D eigenvalue weighted by atomic mass is 9.86. The van der Waals surface area contributed by atoms with Crippen LogP contribution in [0, 0.1) is 5.82 Å². The van der Waals surface area contributed by atoms with Crippen molar-refractivity contribution in [2.24, 2.45) is 0 Å². The minimum absolute atomic E-state index is 0.130. The Kier molecular flexibility index (Phi) is 7.21. The van der Waals surface area contributed by atoms with Crippen LogP contribution in [-0.2, 0) is 20.2 Å². The van der Waals surface area contributed by atoms with Gasteiger partial charge in [0.25, 0.3) is 15.9 Å². The standard InChI is InChI=1S/C27H29FN2O5S/c1-27(2,3)19-9-14-24-23(17-19)30(36(32,33)22-7-5-4-6-8-22)18-25(35-24)26(31)29-15-16-34-21-12-10-20(28)11-13-21/h4-14,17,25H,15-16,18H2,1-3H3,(H,29,31)/t25-/m1/s1. The van der Waals surface area contributed by atoms with Gasteiger partial charge in [-0.05, 0) is 59.5 Å². The highest BCUT2D eigenvalue weighted by Crippen LogP contribution is 2.40. The lowest BCUT2D eigenvalue weighted by Gasteiger charge is -2.36. The van der Waals surface area contributed by atoms with Crippen molar-refractivity contribution in [2.45, 2.75) is 37.2 Å². The highest BCUT2D eigenvalue weighted by Gasteiger charge is 2.38. The molecule has 0 aliphatic carbocycles. The molecular formula is C27H29FN2O5S. The molecule has 1 aliphatic rings. The van der Waals surface area contributed by atoms with Crippen molar-refractivity contribution in [3.05, 3.63) is 84.2 Å². The SMILES string of the molecule is CC(C)(C)c1ccc2c(c1)N(S(=O)(=O)c1ccccc1)C[C@H](C(=O)NCCOc1ccc(F)cc1)O2. The molecule has 1 aliphatic heterocycles. The summed E-state index contributed by atoms with van der Waals surface area (Å²) >= 11 is 0. The second kappa shape index (κ2) is 10.2. The molecule has 0 bridgehead atoms. The number of halogens is 1. The largest absolute Gasteiger partial charge is 0.492 e.